The molecule has 0 radical (unpaired) electrons. The van der Waals surface area contributed by atoms with Gasteiger partial charge in [0.2, 0.25) is 11.6 Å². The predicted molar refractivity (Wildman–Crippen MR) is 70.8 cm³/mol. The molecule has 0 spiro atoms. The van der Waals surface area contributed by atoms with E-state index in [1.807, 2.05) is 0 Å². The van der Waals surface area contributed by atoms with Gasteiger partial charge in [0.25, 0.3) is 0 Å². The summed E-state index contributed by atoms with van der Waals surface area (Å²) in [5.41, 5.74) is -0.226. The van der Waals surface area contributed by atoms with E-state index in [0.29, 0.717) is 0 Å². The number of carboxylic acid groups (broad SMARTS) is 1. The maximum absolute atomic E-state index is 12.3. The molecule has 0 unspecified atom stereocenters. The third-order valence-corrected chi connectivity index (χ3v) is 3.34. The lowest BCUT2D eigenvalue weighted by atomic mass is 10.0. The minimum absolute atomic E-state index is 0.0541. The van der Waals surface area contributed by atoms with Crippen LogP contribution in [0.1, 0.15) is 47.0 Å². The molecule has 0 aliphatic carbocycles. The summed E-state index contributed by atoms with van der Waals surface area (Å²) in [5, 5.41) is 8.81. The molecule has 1 rings (SSSR count). The Morgan fingerprint density at radius 2 is 1.91 bits per heavy atom. The zero-order valence-corrected chi connectivity index (χ0v) is 12.1. The monoisotopic (exact) mass is 319 g/mol. The molecule has 5 nitrogen and oxygen atoms in total. The van der Waals surface area contributed by atoms with Crippen molar-refractivity contribution >= 4 is 17.5 Å². The molecule has 22 heavy (non-hydrogen) atoms. The molecular weight excluding hydrogens is 303 g/mol. The van der Waals surface area contributed by atoms with Crippen LogP contribution >= 0.6 is 0 Å². The van der Waals surface area contributed by atoms with Gasteiger partial charge in [-0.15, -0.1) is 0 Å². The van der Waals surface area contributed by atoms with E-state index >= 15 is 0 Å². The smallest absolute Gasteiger partial charge is 0.391 e. The Morgan fingerprint density at radius 3 is 2.36 bits per heavy atom. The maximum Gasteiger partial charge on any atom is 0.391 e. The van der Waals surface area contributed by atoms with E-state index in [0.717, 1.165) is 13.0 Å². The molecule has 0 bridgehead atoms. The van der Waals surface area contributed by atoms with Crippen molar-refractivity contribution < 1.29 is 32.7 Å². The van der Waals surface area contributed by atoms with E-state index in [1.54, 1.807) is 0 Å². The number of ketones is 2. The lowest BCUT2D eigenvalue weighted by Gasteiger charge is -2.14. The average molecular weight is 319 g/mol. The van der Waals surface area contributed by atoms with Crippen LogP contribution in [0, 0.1) is 5.92 Å². The van der Waals surface area contributed by atoms with Gasteiger partial charge < -0.3 is 9.67 Å². The Hall–Kier alpha value is -2.12. The zero-order chi connectivity index (χ0) is 17.1. The molecule has 0 aliphatic heterocycles. The molecule has 0 saturated carbocycles. The van der Waals surface area contributed by atoms with Crippen LogP contribution in [0.3, 0.4) is 0 Å². The highest BCUT2D eigenvalue weighted by molar-refractivity contribution is 6.43. The maximum atomic E-state index is 12.3. The zero-order valence-electron chi connectivity index (χ0n) is 12.1. The highest BCUT2D eigenvalue weighted by Crippen LogP contribution is 2.29. The lowest BCUT2D eigenvalue weighted by molar-refractivity contribution is -0.171. The first-order valence-electron chi connectivity index (χ1n) is 6.58. The Labute approximate surface area is 124 Å². The number of aromatic carboxylic acids is 1. The molecular formula is C14H16F3NO4. The average Bonchev–Trinajstić information content (AvgIpc) is 2.78. The third-order valence-electron chi connectivity index (χ3n) is 3.34. The number of nitrogens with zero attached hydrogens (tertiary/aromatic N) is 1. The second kappa shape index (κ2) is 6.76. The first-order valence-corrected chi connectivity index (χ1v) is 6.58. The molecule has 0 aromatic carbocycles. The minimum Gasteiger partial charge on any atom is -0.478 e. The van der Waals surface area contributed by atoms with Gasteiger partial charge in [-0.2, -0.15) is 13.2 Å². The van der Waals surface area contributed by atoms with E-state index in [-0.39, 0.29) is 30.5 Å². The minimum atomic E-state index is -4.32. The Balaban J connectivity index is 2.63. The lowest BCUT2D eigenvalue weighted by Crippen LogP contribution is -2.21. The fraction of sp³-hybridized carbons (Fsp3) is 0.500. The number of hydrogen-bond donors (Lipinski definition) is 1. The molecule has 0 fully saturated rings. The third kappa shape index (κ3) is 4.44. The van der Waals surface area contributed by atoms with Gasteiger partial charge >= 0.3 is 12.1 Å². The summed E-state index contributed by atoms with van der Waals surface area (Å²) in [5.74, 6) is -4.49. The fourth-order valence-corrected chi connectivity index (χ4v) is 1.90. The van der Waals surface area contributed by atoms with Crippen LogP contribution < -0.4 is 0 Å². The summed E-state index contributed by atoms with van der Waals surface area (Å²) in [4.78, 5) is 34.4. The van der Waals surface area contributed by atoms with Crippen LogP contribution in [0.4, 0.5) is 13.2 Å². The summed E-state index contributed by atoms with van der Waals surface area (Å²) in [6, 6.07) is 1.07. The van der Waals surface area contributed by atoms with Crippen LogP contribution in [0.15, 0.2) is 12.3 Å². The van der Waals surface area contributed by atoms with Gasteiger partial charge in [0.15, 0.2) is 0 Å². The van der Waals surface area contributed by atoms with Crippen molar-refractivity contribution in [2.75, 3.05) is 0 Å². The van der Waals surface area contributed by atoms with Crippen LogP contribution in [-0.4, -0.2) is 33.4 Å². The van der Waals surface area contributed by atoms with Crippen molar-refractivity contribution in [1.29, 1.82) is 0 Å². The largest absolute Gasteiger partial charge is 0.478 e. The number of carbonyl (C=O) groups is 3. The van der Waals surface area contributed by atoms with Crippen molar-refractivity contribution in [2.45, 2.75) is 32.4 Å². The highest BCUT2D eigenvalue weighted by Gasteiger charge is 2.35. The molecule has 122 valence electrons. The van der Waals surface area contributed by atoms with Gasteiger partial charge in [-0.25, -0.2) is 4.79 Å². The second-order valence-corrected chi connectivity index (χ2v) is 5.12. The van der Waals surface area contributed by atoms with Crippen molar-refractivity contribution in [3.63, 3.8) is 0 Å². The standard InChI is InChI=1S/C14H16F3NO4/c1-8(14(15,16)17)4-3-5-11(19)12(20)10-6-9(13(21)22)7-18(10)2/h6-8H,3-5H2,1-2H3,(H,21,22)/t8-/m1/s1. The summed E-state index contributed by atoms with van der Waals surface area (Å²) in [7, 11) is 1.42. The molecule has 0 saturated heterocycles. The summed E-state index contributed by atoms with van der Waals surface area (Å²) in [6.45, 7) is 1.02. The fourth-order valence-electron chi connectivity index (χ4n) is 1.90. The van der Waals surface area contributed by atoms with Gasteiger partial charge in [-0.3, -0.25) is 9.59 Å². The van der Waals surface area contributed by atoms with Gasteiger partial charge in [0.05, 0.1) is 17.2 Å². The van der Waals surface area contributed by atoms with E-state index < -0.39 is 29.6 Å². The Kier molecular flexibility index (Phi) is 5.51. The van der Waals surface area contributed by atoms with Crippen LogP contribution in [-0.2, 0) is 11.8 Å². The van der Waals surface area contributed by atoms with Crippen LogP contribution in [0.2, 0.25) is 0 Å². The van der Waals surface area contributed by atoms with Crippen molar-refractivity contribution in [3.05, 3.63) is 23.5 Å². The first kappa shape index (κ1) is 17.9. The number of aromatic nitrogens is 1. The number of rotatable bonds is 7. The summed E-state index contributed by atoms with van der Waals surface area (Å²) < 4.78 is 38.2. The molecule has 0 aliphatic rings. The molecule has 1 N–H and O–H groups in total. The van der Waals surface area contributed by atoms with E-state index in [9.17, 15) is 27.6 Å². The molecule has 8 heteroatoms. The normalized spacial score (nSPS) is 13.0. The number of halogens is 3. The van der Waals surface area contributed by atoms with Gasteiger partial charge in [0.1, 0.15) is 0 Å². The quantitative estimate of drug-likeness (QED) is 0.619. The van der Waals surface area contributed by atoms with Gasteiger partial charge in [0, 0.05) is 19.7 Å². The summed E-state index contributed by atoms with van der Waals surface area (Å²) >= 11 is 0. The van der Waals surface area contributed by atoms with Crippen molar-refractivity contribution in [1.82, 2.24) is 4.57 Å². The first-order chi connectivity index (χ1) is 10.0. The SMILES string of the molecule is C[C@H](CCCC(=O)C(=O)c1cc(C(=O)O)cn1C)C(F)(F)F. The molecule has 0 amide bonds. The van der Waals surface area contributed by atoms with Crippen molar-refractivity contribution in [2.24, 2.45) is 13.0 Å². The topological polar surface area (TPSA) is 76.4 Å². The van der Waals surface area contributed by atoms with E-state index in [1.165, 1.54) is 17.8 Å². The number of hydrogen-bond acceptors (Lipinski definition) is 3. The number of alkyl halides is 3. The molecule has 1 atom stereocenters. The van der Waals surface area contributed by atoms with E-state index in [4.69, 9.17) is 5.11 Å². The summed E-state index contributed by atoms with van der Waals surface area (Å²) in [6.07, 6.45) is -3.72. The number of Topliss-reactive ketones (excluding diaryl/α,β-unsaturated/α-hetero) is 2. The molecule has 1 aromatic heterocycles. The van der Waals surface area contributed by atoms with Crippen LogP contribution in [0.5, 0.6) is 0 Å². The highest BCUT2D eigenvalue weighted by atomic mass is 19.4. The molecule has 1 aromatic rings. The van der Waals surface area contributed by atoms with Gasteiger partial charge in [-0.05, 0) is 18.9 Å². The predicted octanol–water partition coefficient (Wildman–Crippen LogP) is 2.84. The Bertz CT molecular complexity index is 589. The second-order valence-electron chi connectivity index (χ2n) is 5.12. The van der Waals surface area contributed by atoms with Crippen molar-refractivity contribution in [3.8, 4) is 0 Å². The Morgan fingerprint density at radius 1 is 1.32 bits per heavy atom. The number of carboxylic acids is 1. The van der Waals surface area contributed by atoms with Gasteiger partial charge in [-0.1, -0.05) is 6.92 Å². The number of carbonyl (C=O) groups excluding carboxylic acids is 2. The van der Waals surface area contributed by atoms with Crippen LogP contribution in [0.25, 0.3) is 0 Å². The number of aryl methyl sites for hydroxylation is 1. The van der Waals surface area contributed by atoms with E-state index in [2.05, 4.69) is 0 Å². The molecule has 1 heterocycles.